The average molecular weight is 258 g/mol. The van der Waals surface area contributed by atoms with Crippen LogP contribution in [-0.4, -0.2) is 48.6 Å². The Morgan fingerprint density at radius 2 is 2.41 bits per heavy atom. The van der Waals surface area contributed by atoms with Crippen molar-refractivity contribution in [3.63, 3.8) is 0 Å². The Kier molecular flexibility index (Phi) is 3.80. The first kappa shape index (κ1) is 12.5. The zero-order valence-corrected chi connectivity index (χ0v) is 10.7. The van der Waals surface area contributed by atoms with E-state index in [1.807, 2.05) is 6.92 Å². The lowest BCUT2D eigenvalue weighted by Gasteiger charge is -2.32. The molecule has 1 saturated heterocycles. The third-order valence-corrected chi connectivity index (χ3v) is 5.01. The molecule has 1 fully saturated rings. The Hall–Kier alpha value is -0.920. The molecule has 0 bridgehead atoms. The number of hydrogen-bond acceptors (Lipinski definition) is 4. The molecule has 17 heavy (non-hydrogen) atoms. The fourth-order valence-corrected chi connectivity index (χ4v) is 3.78. The van der Waals surface area contributed by atoms with Crippen molar-refractivity contribution in [2.24, 2.45) is 0 Å². The van der Waals surface area contributed by atoms with Crippen LogP contribution in [0.1, 0.15) is 19.8 Å². The molecule has 0 radical (unpaired) electrons. The highest BCUT2D eigenvalue weighted by Crippen LogP contribution is 2.19. The maximum absolute atomic E-state index is 12.4. The van der Waals surface area contributed by atoms with Gasteiger partial charge < -0.3 is 5.32 Å². The molecule has 0 aliphatic carbocycles. The van der Waals surface area contributed by atoms with E-state index in [1.165, 1.54) is 12.3 Å². The van der Waals surface area contributed by atoms with Gasteiger partial charge in [-0.25, -0.2) is 8.42 Å². The van der Waals surface area contributed by atoms with Crippen molar-refractivity contribution in [1.82, 2.24) is 19.8 Å². The van der Waals surface area contributed by atoms with Gasteiger partial charge in [0, 0.05) is 19.1 Å². The Labute approximate surface area is 101 Å². The summed E-state index contributed by atoms with van der Waals surface area (Å²) in [6.45, 7) is 4.04. The first-order chi connectivity index (χ1) is 8.16. The Morgan fingerprint density at radius 1 is 1.59 bits per heavy atom. The molecule has 0 amide bonds. The van der Waals surface area contributed by atoms with Gasteiger partial charge in [0.25, 0.3) is 10.0 Å². The highest BCUT2D eigenvalue weighted by molar-refractivity contribution is 7.89. The largest absolute Gasteiger partial charge is 0.315 e. The van der Waals surface area contributed by atoms with Crippen LogP contribution in [0.25, 0.3) is 0 Å². The molecule has 2 N–H and O–H groups in total. The molecule has 2 rings (SSSR count). The fourth-order valence-electron chi connectivity index (χ4n) is 2.22. The van der Waals surface area contributed by atoms with Crippen LogP contribution in [0.3, 0.4) is 0 Å². The summed E-state index contributed by atoms with van der Waals surface area (Å²) in [5.41, 5.74) is 0. The fraction of sp³-hybridized carbons (Fsp3) is 0.700. The van der Waals surface area contributed by atoms with Gasteiger partial charge in [-0.15, -0.1) is 0 Å². The van der Waals surface area contributed by atoms with Crippen LogP contribution in [0.2, 0.25) is 0 Å². The molecule has 0 saturated carbocycles. The number of nitrogens with one attached hydrogen (secondary N) is 2. The normalized spacial score (nSPS) is 21.9. The van der Waals surface area contributed by atoms with E-state index < -0.39 is 10.0 Å². The highest BCUT2D eigenvalue weighted by atomic mass is 32.2. The molecule has 1 atom stereocenters. The molecule has 1 aliphatic rings. The number of sulfonamides is 1. The molecule has 1 aromatic rings. The summed E-state index contributed by atoms with van der Waals surface area (Å²) in [6.07, 6.45) is 3.38. The molecule has 0 aromatic carbocycles. The van der Waals surface area contributed by atoms with Gasteiger partial charge >= 0.3 is 0 Å². The smallest absolute Gasteiger partial charge is 0.260 e. The lowest BCUT2D eigenvalue weighted by molar-refractivity contribution is 0.274. The van der Waals surface area contributed by atoms with Crippen LogP contribution in [0.4, 0.5) is 0 Å². The zero-order chi connectivity index (χ0) is 12.3. The van der Waals surface area contributed by atoms with Gasteiger partial charge in [0.1, 0.15) is 0 Å². The minimum atomic E-state index is -3.43. The number of piperidine rings is 1. The van der Waals surface area contributed by atoms with Crippen molar-refractivity contribution >= 4 is 10.0 Å². The predicted octanol–water partition coefficient (Wildman–Crippen LogP) is 0.172. The van der Waals surface area contributed by atoms with Crippen LogP contribution in [0, 0.1) is 0 Å². The molecule has 6 nitrogen and oxygen atoms in total. The first-order valence-electron chi connectivity index (χ1n) is 5.88. The lowest BCUT2D eigenvalue weighted by atomic mass is 10.1. The molecule has 1 aliphatic heterocycles. The number of nitrogens with zero attached hydrogens (tertiary/aromatic N) is 2. The lowest BCUT2D eigenvalue weighted by Crippen LogP contribution is -2.48. The van der Waals surface area contributed by atoms with E-state index in [2.05, 4.69) is 15.5 Å². The summed E-state index contributed by atoms with van der Waals surface area (Å²) < 4.78 is 26.2. The van der Waals surface area contributed by atoms with Gasteiger partial charge in [-0.05, 0) is 25.5 Å². The van der Waals surface area contributed by atoms with E-state index in [9.17, 15) is 8.42 Å². The van der Waals surface area contributed by atoms with E-state index in [0.29, 0.717) is 6.54 Å². The monoisotopic (exact) mass is 258 g/mol. The van der Waals surface area contributed by atoms with Crippen LogP contribution in [-0.2, 0) is 10.0 Å². The Bertz CT molecular complexity index is 437. The Morgan fingerprint density at radius 3 is 2.94 bits per heavy atom. The van der Waals surface area contributed by atoms with E-state index in [-0.39, 0.29) is 11.1 Å². The highest BCUT2D eigenvalue weighted by Gasteiger charge is 2.31. The van der Waals surface area contributed by atoms with Crippen LogP contribution in [0.15, 0.2) is 17.3 Å². The molecular weight excluding hydrogens is 240 g/mol. The van der Waals surface area contributed by atoms with Crippen molar-refractivity contribution in [1.29, 1.82) is 0 Å². The number of aromatic amines is 1. The second kappa shape index (κ2) is 5.16. The molecule has 1 aromatic heterocycles. The maximum atomic E-state index is 12.4. The third-order valence-electron chi connectivity index (χ3n) is 3.05. The summed E-state index contributed by atoms with van der Waals surface area (Å²) in [5, 5.41) is 9.64. The molecule has 96 valence electrons. The minimum Gasteiger partial charge on any atom is -0.315 e. The number of H-pyrrole nitrogens is 1. The van der Waals surface area contributed by atoms with Gasteiger partial charge in [-0.1, -0.05) is 6.92 Å². The van der Waals surface area contributed by atoms with Crippen molar-refractivity contribution in [3.05, 3.63) is 12.3 Å². The number of hydrogen-bond donors (Lipinski definition) is 2. The van der Waals surface area contributed by atoms with Crippen LogP contribution >= 0.6 is 0 Å². The summed E-state index contributed by atoms with van der Waals surface area (Å²) in [6, 6.07) is 1.54. The van der Waals surface area contributed by atoms with Gasteiger partial charge in [0.15, 0.2) is 5.03 Å². The third kappa shape index (κ3) is 2.51. The average Bonchev–Trinajstić information content (AvgIpc) is 2.85. The quantitative estimate of drug-likeness (QED) is 0.807. The second-order valence-corrected chi connectivity index (χ2v) is 5.99. The van der Waals surface area contributed by atoms with Crippen LogP contribution < -0.4 is 5.32 Å². The van der Waals surface area contributed by atoms with Gasteiger partial charge in [-0.2, -0.15) is 9.40 Å². The SMILES string of the molecule is CCN(C1CCCNC1)S(=O)(=O)c1ccn[nH]1. The first-order valence-corrected chi connectivity index (χ1v) is 7.32. The molecular formula is C10H18N4O2S. The summed E-state index contributed by atoms with van der Waals surface area (Å²) in [5.74, 6) is 0. The standard InChI is InChI=1S/C10H18N4O2S/c1-2-14(9-4-3-6-11-8-9)17(15,16)10-5-7-12-13-10/h5,7,9,11H,2-4,6,8H2,1H3,(H,12,13). The van der Waals surface area contributed by atoms with E-state index in [0.717, 1.165) is 25.9 Å². The Balaban J connectivity index is 2.23. The van der Waals surface area contributed by atoms with Crippen molar-refractivity contribution in [3.8, 4) is 0 Å². The summed E-state index contributed by atoms with van der Waals surface area (Å²) >= 11 is 0. The van der Waals surface area contributed by atoms with Crippen molar-refractivity contribution < 1.29 is 8.42 Å². The van der Waals surface area contributed by atoms with Crippen molar-refractivity contribution in [2.45, 2.75) is 30.8 Å². The molecule has 1 unspecified atom stereocenters. The zero-order valence-electron chi connectivity index (χ0n) is 9.89. The number of aromatic nitrogens is 2. The van der Waals surface area contributed by atoms with E-state index in [4.69, 9.17) is 0 Å². The molecule has 2 heterocycles. The van der Waals surface area contributed by atoms with E-state index in [1.54, 1.807) is 4.31 Å². The summed E-state index contributed by atoms with van der Waals surface area (Å²) in [4.78, 5) is 0. The topological polar surface area (TPSA) is 78.1 Å². The van der Waals surface area contributed by atoms with Gasteiger partial charge in [0.2, 0.25) is 0 Å². The predicted molar refractivity (Wildman–Crippen MR) is 64.0 cm³/mol. The van der Waals surface area contributed by atoms with Crippen LogP contribution in [0.5, 0.6) is 0 Å². The number of likely N-dealkylation sites (N-methyl/N-ethyl adjacent to an activating group) is 1. The minimum absolute atomic E-state index is 0.0436. The maximum Gasteiger partial charge on any atom is 0.260 e. The summed E-state index contributed by atoms with van der Waals surface area (Å²) in [7, 11) is -3.43. The van der Waals surface area contributed by atoms with Gasteiger partial charge in [0.05, 0.1) is 6.20 Å². The van der Waals surface area contributed by atoms with Gasteiger partial charge in [-0.3, -0.25) is 5.10 Å². The van der Waals surface area contributed by atoms with Crippen molar-refractivity contribution in [2.75, 3.05) is 19.6 Å². The van der Waals surface area contributed by atoms with E-state index >= 15 is 0 Å². The molecule has 0 spiro atoms. The number of rotatable bonds is 4. The molecule has 7 heteroatoms. The second-order valence-electron chi connectivity index (χ2n) is 4.13.